The van der Waals surface area contributed by atoms with Gasteiger partial charge in [0.05, 0.1) is 33.9 Å². The van der Waals surface area contributed by atoms with E-state index >= 15 is 0 Å². The average molecular weight is 377 g/mol. The fourth-order valence-electron chi connectivity index (χ4n) is 2.77. The number of aryl methyl sites for hydroxylation is 1. The van der Waals surface area contributed by atoms with E-state index in [0.29, 0.717) is 29.6 Å². The quantitative estimate of drug-likeness (QED) is 0.660. The molecule has 0 bridgehead atoms. The molecule has 3 rings (SSSR count). The predicted molar refractivity (Wildman–Crippen MR) is 92.4 cm³/mol. The minimum Gasteiger partial charge on any atom is -0.319 e. The standard InChI is InChI=1S/C19H15F4N3O/c1-11-17(12(2)26(25-11)14-6-4-3-5-7-14)18(27)24-16-10-13(19(21,22)23)8-9-15(16)20/h3-10H,1-2H3,(H,24,27). The van der Waals surface area contributed by atoms with Gasteiger partial charge in [-0.1, -0.05) is 18.2 Å². The summed E-state index contributed by atoms with van der Waals surface area (Å²) in [4.78, 5) is 12.6. The van der Waals surface area contributed by atoms with Crippen LogP contribution in [-0.4, -0.2) is 15.7 Å². The largest absolute Gasteiger partial charge is 0.416 e. The molecule has 0 saturated heterocycles. The molecule has 0 spiro atoms. The van der Waals surface area contributed by atoms with E-state index in [1.165, 1.54) is 0 Å². The van der Waals surface area contributed by atoms with E-state index in [4.69, 9.17) is 0 Å². The zero-order valence-electron chi connectivity index (χ0n) is 14.4. The monoisotopic (exact) mass is 377 g/mol. The molecule has 27 heavy (non-hydrogen) atoms. The van der Waals surface area contributed by atoms with Crippen LogP contribution in [0.3, 0.4) is 0 Å². The van der Waals surface area contributed by atoms with Crippen molar-refractivity contribution in [2.75, 3.05) is 5.32 Å². The Labute approximate surface area is 152 Å². The molecule has 0 saturated carbocycles. The molecule has 0 unspecified atom stereocenters. The number of nitrogens with one attached hydrogen (secondary N) is 1. The van der Waals surface area contributed by atoms with Gasteiger partial charge in [0.1, 0.15) is 5.82 Å². The maximum Gasteiger partial charge on any atom is 0.416 e. The summed E-state index contributed by atoms with van der Waals surface area (Å²) in [5.74, 6) is -1.69. The Bertz CT molecular complexity index is 994. The number of halogens is 4. The number of carbonyl (C=O) groups is 1. The Morgan fingerprint density at radius 2 is 1.74 bits per heavy atom. The fraction of sp³-hybridized carbons (Fsp3) is 0.158. The van der Waals surface area contributed by atoms with Gasteiger partial charge >= 0.3 is 6.18 Å². The van der Waals surface area contributed by atoms with Crippen LogP contribution in [0.4, 0.5) is 23.2 Å². The molecule has 1 heterocycles. The number of hydrogen-bond acceptors (Lipinski definition) is 2. The van der Waals surface area contributed by atoms with Crippen LogP contribution in [0.5, 0.6) is 0 Å². The molecule has 0 atom stereocenters. The number of rotatable bonds is 3. The second-order valence-electron chi connectivity index (χ2n) is 5.94. The van der Waals surface area contributed by atoms with Crippen molar-refractivity contribution in [3.63, 3.8) is 0 Å². The molecular weight excluding hydrogens is 362 g/mol. The van der Waals surface area contributed by atoms with E-state index < -0.39 is 29.2 Å². The van der Waals surface area contributed by atoms with Crippen LogP contribution in [0.2, 0.25) is 0 Å². The predicted octanol–water partition coefficient (Wildman–Crippen LogP) is 4.90. The summed E-state index contributed by atoms with van der Waals surface area (Å²) in [6, 6.07) is 10.9. The van der Waals surface area contributed by atoms with Crippen LogP contribution in [0.1, 0.15) is 27.3 Å². The fourth-order valence-corrected chi connectivity index (χ4v) is 2.77. The number of nitrogens with zero attached hydrogens (tertiary/aromatic N) is 2. The Balaban J connectivity index is 1.95. The summed E-state index contributed by atoms with van der Waals surface area (Å²) in [5, 5.41) is 6.52. The highest BCUT2D eigenvalue weighted by atomic mass is 19.4. The number of para-hydroxylation sites is 1. The Hall–Kier alpha value is -3.16. The highest BCUT2D eigenvalue weighted by Crippen LogP contribution is 2.32. The third-order valence-corrected chi connectivity index (χ3v) is 4.06. The molecule has 140 valence electrons. The maximum absolute atomic E-state index is 13.9. The van der Waals surface area contributed by atoms with E-state index in [0.717, 1.165) is 5.69 Å². The number of carbonyl (C=O) groups excluding carboxylic acids is 1. The summed E-state index contributed by atoms with van der Waals surface area (Å²) in [6.45, 7) is 3.26. The molecule has 1 aromatic heterocycles. The first-order valence-electron chi connectivity index (χ1n) is 7.98. The summed E-state index contributed by atoms with van der Waals surface area (Å²) < 4.78 is 53.9. The SMILES string of the molecule is Cc1nn(-c2ccccc2)c(C)c1C(=O)Nc1cc(C(F)(F)F)ccc1F. The lowest BCUT2D eigenvalue weighted by atomic mass is 10.1. The van der Waals surface area contributed by atoms with Crippen molar-refractivity contribution < 1.29 is 22.4 Å². The van der Waals surface area contributed by atoms with Gasteiger partial charge in [0.15, 0.2) is 0 Å². The number of hydrogen-bond donors (Lipinski definition) is 1. The molecule has 3 aromatic rings. The highest BCUT2D eigenvalue weighted by molar-refractivity contribution is 6.06. The number of aromatic nitrogens is 2. The van der Waals surface area contributed by atoms with E-state index in [9.17, 15) is 22.4 Å². The lowest BCUT2D eigenvalue weighted by Gasteiger charge is -2.11. The molecule has 0 aliphatic heterocycles. The zero-order chi connectivity index (χ0) is 19.8. The van der Waals surface area contributed by atoms with Gasteiger partial charge in [-0.3, -0.25) is 4.79 Å². The summed E-state index contributed by atoms with van der Waals surface area (Å²) >= 11 is 0. The van der Waals surface area contributed by atoms with Gasteiger partial charge in [0.2, 0.25) is 0 Å². The Morgan fingerprint density at radius 1 is 1.07 bits per heavy atom. The van der Waals surface area contributed by atoms with Crippen molar-refractivity contribution in [1.82, 2.24) is 9.78 Å². The van der Waals surface area contributed by atoms with Gasteiger partial charge in [0, 0.05) is 0 Å². The van der Waals surface area contributed by atoms with Gasteiger partial charge in [-0.2, -0.15) is 18.3 Å². The summed E-state index contributed by atoms with van der Waals surface area (Å²) in [6.07, 6.45) is -4.64. The third-order valence-electron chi connectivity index (χ3n) is 4.06. The van der Waals surface area contributed by atoms with Crippen LogP contribution < -0.4 is 5.32 Å². The molecule has 0 radical (unpaired) electrons. The molecule has 0 aliphatic carbocycles. The number of anilines is 1. The lowest BCUT2D eigenvalue weighted by Crippen LogP contribution is -2.16. The number of alkyl halides is 3. The van der Waals surface area contributed by atoms with Crippen molar-refractivity contribution in [2.24, 2.45) is 0 Å². The van der Waals surface area contributed by atoms with E-state index in [-0.39, 0.29) is 5.56 Å². The molecule has 4 nitrogen and oxygen atoms in total. The van der Waals surface area contributed by atoms with Gasteiger partial charge in [-0.05, 0) is 44.2 Å². The second-order valence-corrected chi connectivity index (χ2v) is 5.94. The number of amides is 1. The first-order valence-corrected chi connectivity index (χ1v) is 7.98. The molecule has 0 fully saturated rings. The topological polar surface area (TPSA) is 46.9 Å². The Kier molecular flexibility index (Phi) is 4.73. The van der Waals surface area contributed by atoms with Gasteiger partial charge in [-0.25, -0.2) is 9.07 Å². The molecule has 0 aliphatic rings. The third kappa shape index (κ3) is 3.69. The van der Waals surface area contributed by atoms with Crippen LogP contribution in [-0.2, 0) is 6.18 Å². The summed E-state index contributed by atoms with van der Waals surface area (Å²) in [7, 11) is 0. The van der Waals surface area contributed by atoms with Crippen LogP contribution in [0, 0.1) is 19.7 Å². The normalized spacial score (nSPS) is 11.5. The molecule has 8 heteroatoms. The molecular formula is C19H15F4N3O. The van der Waals surface area contributed by atoms with Crippen molar-refractivity contribution in [3.8, 4) is 5.69 Å². The minimum atomic E-state index is -4.64. The smallest absolute Gasteiger partial charge is 0.319 e. The van der Waals surface area contributed by atoms with Crippen LogP contribution in [0.25, 0.3) is 5.69 Å². The van der Waals surface area contributed by atoms with Crippen molar-refractivity contribution in [3.05, 3.63) is 76.9 Å². The first kappa shape index (κ1) is 18.6. The van der Waals surface area contributed by atoms with E-state index in [2.05, 4.69) is 10.4 Å². The second kappa shape index (κ2) is 6.86. The van der Waals surface area contributed by atoms with Gasteiger partial charge in [-0.15, -0.1) is 0 Å². The number of benzene rings is 2. The van der Waals surface area contributed by atoms with Crippen LogP contribution in [0.15, 0.2) is 48.5 Å². The first-order chi connectivity index (χ1) is 12.7. The average Bonchev–Trinajstić information content (AvgIpc) is 2.91. The van der Waals surface area contributed by atoms with E-state index in [1.807, 2.05) is 18.2 Å². The highest BCUT2D eigenvalue weighted by Gasteiger charge is 2.31. The minimum absolute atomic E-state index is 0.177. The zero-order valence-corrected chi connectivity index (χ0v) is 14.4. The summed E-state index contributed by atoms with van der Waals surface area (Å²) in [5.41, 5.74) is 0.177. The van der Waals surface area contributed by atoms with Gasteiger partial charge < -0.3 is 5.32 Å². The van der Waals surface area contributed by atoms with Crippen molar-refractivity contribution in [2.45, 2.75) is 20.0 Å². The molecule has 2 aromatic carbocycles. The van der Waals surface area contributed by atoms with E-state index in [1.54, 1.807) is 30.7 Å². The Morgan fingerprint density at radius 3 is 2.37 bits per heavy atom. The molecule has 1 amide bonds. The van der Waals surface area contributed by atoms with Crippen molar-refractivity contribution in [1.29, 1.82) is 0 Å². The molecule has 1 N–H and O–H groups in total. The van der Waals surface area contributed by atoms with Crippen molar-refractivity contribution >= 4 is 11.6 Å². The lowest BCUT2D eigenvalue weighted by molar-refractivity contribution is -0.137. The van der Waals surface area contributed by atoms with Crippen LogP contribution >= 0.6 is 0 Å². The maximum atomic E-state index is 13.9. The van der Waals surface area contributed by atoms with Gasteiger partial charge in [0.25, 0.3) is 5.91 Å².